The first-order valence-corrected chi connectivity index (χ1v) is 20.7. The number of nitrogens with one attached hydrogen (secondary N) is 1. The third-order valence-corrected chi connectivity index (χ3v) is 12.9. The summed E-state index contributed by atoms with van der Waals surface area (Å²) in [5.41, 5.74) is 18.4. The lowest BCUT2D eigenvalue weighted by atomic mass is 9.65. The van der Waals surface area contributed by atoms with Crippen molar-refractivity contribution in [2.75, 3.05) is 10.2 Å². The summed E-state index contributed by atoms with van der Waals surface area (Å²) >= 11 is 0. The molecule has 1 N–H and O–H groups in total. The van der Waals surface area contributed by atoms with E-state index >= 15 is 0 Å². The third-order valence-electron chi connectivity index (χ3n) is 12.9. The van der Waals surface area contributed by atoms with Gasteiger partial charge < -0.3 is 10.2 Å². The zero-order valence-electron chi connectivity index (χ0n) is 32.6. The van der Waals surface area contributed by atoms with E-state index in [1.807, 2.05) is 0 Å². The number of hydrogen-bond donors (Lipinski definition) is 1. The number of benzene rings is 9. The van der Waals surface area contributed by atoms with Crippen LogP contribution in [-0.2, 0) is 5.41 Å². The molecule has 0 fully saturated rings. The fraction of sp³-hybridized carbons (Fsp3) is 0.0526. The van der Waals surface area contributed by atoms with Crippen molar-refractivity contribution in [1.29, 1.82) is 0 Å². The molecule has 0 aromatic heterocycles. The highest BCUT2D eigenvalue weighted by molar-refractivity contribution is 6.16. The van der Waals surface area contributed by atoms with E-state index in [0.717, 1.165) is 41.3 Å². The average molecular weight is 753 g/mol. The molecule has 278 valence electrons. The topological polar surface area (TPSA) is 15.3 Å². The molecule has 0 bridgehead atoms. The summed E-state index contributed by atoms with van der Waals surface area (Å²) in [6, 6.07) is 71.8. The van der Waals surface area contributed by atoms with Gasteiger partial charge in [0.15, 0.2) is 0 Å². The summed E-state index contributed by atoms with van der Waals surface area (Å²) < 4.78 is 0. The summed E-state index contributed by atoms with van der Waals surface area (Å²) in [5.74, 6) is 0. The maximum absolute atomic E-state index is 3.78. The molecule has 1 heterocycles. The highest BCUT2D eigenvalue weighted by atomic mass is 15.1. The predicted molar refractivity (Wildman–Crippen MR) is 249 cm³/mol. The van der Waals surface area contributed by atoms with E-state index in [0.29, 0.717) is 0 Å². The van der Waals surface area contributed by atoms with Gasteiger partial charge in [0.2, 0.25) is 0 Å². The Morgan fingerprint density at radius 3 is 1.97 bits per heavy atom. The van der Waals surface area contributed by atoms with Gasteiger partial charge in [-0.25, -0.2) is 0 Å². The lowest BCUT2D eigenvalue weighted by Gasteiger charge is -2.37. The number of para-hydroxylation sites is 1. The molecule has 2 nitrogen and oxygen atoms in total. The van der Waals surface area contributed by atoms with Crippen molar-refractivity contribution in [1.82, 2.24) is 0 Å². The smallest absolute Gasteiger partial charge is 0.0676 e. The van der Waals surface area contributed by atoms with Gasteiger partial charge >= 0.3 is 0 Å². The number of nitrogens with zero attached hydrogens (tertiary/aromatic N) is 1. The largest absolute Gasteiger partial charge is 0.354 e. The van der Waals surface area contributed by atoms with Crippen LogP contribution in [-0.4, -0.2) is 0 Å². The molecule has 0 saturated heterocycles. The van der Waals surface area contributed by atoms with Crippen LogP contribution in [0.15, 0.2) is 218 Å². The standard InChI is InChI=1S/C57H40N2/c1-4-17-41(18-5-1)57(42-19-6-2-7-20-42)52-26-13-12-23-47(52)50-37-45(31-33-53(50)57)59(43-21-8-3-9-22-43)44-29-27-38(28-30-44)46-32-34-54-56-48(46)24-14-25-49(56)51-35-39-15-10-11-16-40(39)36-55(51)58-54/h1-6,8-19,21-37,58H,7,20H2. The summed E-state index contributed by atoms with van der Waals surface area (Å²) in [4.78, 5) is 2.40. The number of anilines is 5. The fourth-order valence-corrected chi connectivity index (χ4v) is 10.4. The molecule has 1 atom stereocenters. The van der Waals surface area contributed by atoms with E-state index in [1.165, 1.54) is 77.2 Å². The second-order valence-corrected chi connectivity index (χ2v) is 16.0. The summed E-state index contributed by atoms with van der Waals surface area (Å²) in [6.45, 7) is 0. The van der Waals surface area contributed by atoms with Gasteiger partial charge in [-0.3, -0.25) is 0 Å². The molecule has 1 aliphatic heterocycles. The number of hydrogen-bond acceptors (Lipinski definition) is 2. The molecular formula is C57H40N2. The van der Waals surface area contributed by atoms with Gasteiger partial charge in [-0.05, 0) is 128 Å². The molecule has 59 heavy (non-hydrogen) atoms. The lowest BCUT2D eigenvalue weighted by molar-refractivity contribution is 0.693. The van der Waals surface area contributed by atoms with E-state index < -0.39 is 0 Å². The minimum atomic E-state index is -0.347. The molecule has 12 rings (SSSR count). The van der Waals surface area contributed by atoms with Crippen molar-refractivity contribution in [3.63, 3.8) is 0 Å². The number of rotatable bonds is 6. The minimum absolute atomic E-state index is 0.347. The van der Waals surface area contributed by atoms with Crippen LogP contribution in [0.5, 0.6) is 0 Å². The number of fused-ring (bicyclic) bond motifs is 6. The Labute approximate surface area is 345 Å². The van der Waals surface area contributed by atoms with Gasteiger partial charge in [-0.1, -0.05) is 163 Å². The van der Waals surface area contributed by atoms with Gasteiger partial charge in [-0.15, -0.1) is 0 Å². The van der Waals surface area contributed by atoms with Crippen molar-refractivity contribution in [3.8, 4) is 33.4 Å². The van der Waals surface area contributed by atoms with Gasteiger partial charge in [0.25, 0.3) is 0 Å². The molecular weight excluding hydrogens is 713 g/mol. The lowest BCUT2D eigenvalue weighted by Crippen LogP contribution is -2.30. The average Bonchev–Trinajstić information content (AvgIpc) is 3.60. The van der Waals surface area contributed by atoms with E-state index in [-0.39, 0.29) is 5.41 Å². The van der Waals surface area contributed by atoms with Crippen LogP contribution in [0.3, 0.4) is 0 Å². The fourth-order valence-electron chi connectivity index (χ4n) is 10.4. The highest BCUT2D eigenvalue weighted by Gasteiger charge is 2.47. The SMILES string of the molecule is C1=CCCC(C2(c3ccccc3)c3ccccc3-c3cc(N(c4ccccc4)c4ccc(-c5ccc6c7c(cccc57)-c5cc7ccccc7cc5N6)cc4)ccc32)=C1. The monoisotopic (exact) mass is 752 g/mol. The Morgan fingerprint density at radius 1 is 0.458 bits per heavy atom. The van der Waals surface area contributed by atoms with Crippen molar-refractivity contribution < 1.29 is 0 Å². The van der Waals surface area contributed by atoms with Crippen LogP contribution in [0, 0.1) is 0 Å². The first-order chi connectivity index (χ1) is 29.3. The zero-order chi connectivity index (χ0) is 38.9. The Hall–Kier alpha value is -7.42. The molecule has 2 aliphatic carbocycles. The van der Waals surface area contributed by atoms with Crippen LogP contribution in [0.2, 0.25) is 0 Å². The Balaban J connectivity index is 0.980. The van der Waals surface area contributed by atoms with Crippen LogP contribution >= 0.6 is 0 Å². The normalized spacial score (nSPS) is 15.9. The summed E-state index contributed by atoms with van der Waals surface area (Å²) in [7, 11) is 0. The second-order valence-electron chi connectivity index (χ2n) is 16.0. The summed E-state index contributed by atoms with van der Waals surface area (Å²) in [5, 5.41) is 8.80. The molecule has 1 unspecified atom stereocenters. The molecule has 9 aromatic rings. The van der Waals surface area contributed by atoms with Gasteiger partial charge in [-0.2, -0.15) is 0 Å². The van der Waals surface area contributed by atoms with E-state index in [9.17, 15) is 0 Å². The molecule has 0 spiro atoms. The van der Waals surface area contributed by atoms with Crippen LogP contribution in [0.1, 0.15) is 29.5 Å². The van der Waals surface area contributed by atoms with Gasteiger partial charge in [0.05, 0.1) is 5.41 Å². The minimum Gasteiger partial charge on any atom is -0.354 e. The van der Waals surface area contributed by atoms with Crippen LogP contribution in [0.25, 0.3) is 54.9 Å². The van der Waals surface area contributed by atoms with Gasteiger partial charge in [0, 0.05) is 39.4 Å². The molecule has 0 radical (unpaired) electrons. The third kappa shape index (κ3) is 5.13. The number of allylic oxidation sites excluding steroid dienone is 4. The Morgan fingerprint density at radius 2 is 1.15 bits per heavy atom. The maximum atomic E-state index is 3.78. The van der Waals surface area contributed by atoms with Crippen molar-refractivity contribution in [2.24, 2.45) is 0 Å². The van der Waals surface area contributed by atoms with Gasteiger partial charge in [0.1, 0.15) is 0 Å². The predicted octanol–water partition coefficient (Wildman–Crippen LogP) is 15.4. The van der Waals surface area contributed by atoms with Crippen LogP contribution in [0.4, 0.5) is 28.4 Å². The quantitative estimate of drug-likeness (QED) is 0.182. The molecule has 0 amide bonds. The first kappa shape index (κ1) is 33.7. The zero-order valence-corrected chi connectivity index (χ0v) is 32.6. The van der Waals surface area contributed by atoms with Crippen molar-refractivity contribution in [2.45, 2.75) is 18.3 Å². The summed E-state index contributed by atoms with van der Waals surface area (Å²) in [6.07, 6.45) is 9.00. The van der Waals surface area contributed by atoms with E-state index in [1.54, 1.807) is 0 Å². The Kier molecular flexibility index (Phi) is 7.61. The van der Waals surface area contributed by atoms with E-state index in [2.05, 4.69) is 223 Å². The van der Waals surface area contributed by atoms with Crippen molar-refractivity contribution >= 4 is 50.0 Å². The van der Waals surface area contributed by atoms with E-state index in [4.69, 9.17) is 0 Å². The van der Waals surface area contributed by atoms with Crippen molar-refractivity contribution in [3.05, 3.63) is 235 Å². The Bertz CT molecular complexity index is 3180. The molecule has 0 saturated carbocycles. The van der Waals surface area contributed by atoms with Crippen LogP contribution < -0.4 is 10.2 Å². The highest BCUT2D eigenvalue weighted by Crippen LogP contribution is 2.58. The second kappa shape index (κ2) is 13.3. The molecule has 3 aliphatic rings. The molecule has 2 heteroatoms. The molecule has 9 aromatic carbocycles. The maximum Gasteiger partial charge on any atom is 0.0676 e. The first-order valence-electron chi connectivity index (χ1n) is 20.7.